The Morgan fingerprint density at radius 1 is 1.32 bits per heavy atom. The van der Waals surface area contributed by atoms with Crippen molar-refractivity contribution in [1.29, 1.82) is 0 Å². The second-order valence-corrected chi connectivity index (χ2v) is 7.93. The number of carbonyl (C=O) groups is 2. The van der Waals surface area contributed by atoms with Crippen molar-refractivity contribution in [3.8, 4) is 5.75 Å². The maximum absolute atomic E-state index is 12.2. The Balaban J connectivity index is 1.44. The van der Waals surface area contributed by atoms with Gasteiger partial charge in [-0.3, -0.25) is 25.5 Å². The summed E-state index contributed by atoms with van der Waals surface area (Å²) in [6.07, 6.45) is 5.95. The highest BCUT2D eigenvalue weighted by Gasteiger charge is 2.18. The molecule has 1 aliphatic rings. The van der Waals surface area contributed by atoms with Crippen LogP contribution >= 0.6 is 23.4 Å². The maximum Gasteiger partial charge on any atom is 0.273 e. The van der Waals surface area contributed by atoms with Crippen molar-refractivity contribution in [2.24, 2.45) is 5.92 Å². The van der Waals surface area contributed by atoms with Gasteiger partial charge in [0.1, 0.15) is 11.6 Å². The Labute approximate surface area is 172 Å². The quantitative estimate of drug-likeness (QED) is 0.466. The summed E-state index contributed by atoms with van der Waals surface area (Å²) in [6.45, 7) is 0. The minimum Gasteiger partial charge on any atom is -0.496 e. The van der Waals surface area contributed by atoms with E-state index >= 15 is 0 Å². The number of carbonyl (C=O) groups excluding carboxylic acids is 2. The van der Waals surface area contributed by atoms with Gasteiger partial charge in [0, 0.05) is 11.4 Å². The monoisotopic (exact) mass is 423 g/mol. The van der Waals surface area contributed by atoms with Crippen molar-refractivity contribution < 1.29 is 14.3 Å². The first-order valence-corrected chi connectivity index (χ1v) is 10.4. The average Bonchev–Trinajstić information content (AvgIpc) is 3.37. The van der Waals surface area contributed by atoms with Crippen molar-refractivity contribution in [1.82, 2.24) is 26.0 Å². The molecule has 3 rings (SSSR count). The van der Waals surface area contributed by atoms with Crippen LogP contribution in [0, 0.1) is 5.92 Å². The Kier molecular flexibility index (Phi) is 7.16. The number of nitrogens with one attached hydrogen (secondary N) is 3. The zero-order valence-corrected chi connectivity index (χ0v) is 17.0. The van der Waals surface area contributed by atoms with Crippen LogP contribution < -0.4 is 15.6 Å². The molecule has 0 saturated heterocycles. The minimum atomic E-state index is -0.519. The van der Waals surface area contributed by atoms with E-state index in [1.54, 1.807) is 12.1 Å². The number of thioether (sulfide) groups is 1. The van der Waals surface area contributed by atoms with Crippen molar-refractivity contribution >= 4 is 35.2 Å². The molecule has 1 aromatic carbocycles. The first-order valence-electron chi connectivity index (χ1n) is 9.02. The number of ether oxygens (including phenoxy) is 1. The van der Waals surface area contributed by atoms with Crippen LogP contribution in [0.2, 0.25) is 5.02 Å². The van der Waals surface area contributed by atoms with Crippen LogP contribution in [0.1, 0.15) is 41.9 Å². The maximum atomic E-state index is 12.2. The van der Waals surface area contributed by atoms with E-state index in [9.17, 15) is 9.59 Å². The van der Waals surface area contributed by atoms with Gasteiger partial charge in [0.15, 0.2) is 0 Å². The highest BCUT2D eigenvalue weighted by molar-refractivity contribution is 7.99. The van der Waals surface area contributed by atoms with E-state index in [-0.39, 0.29) is 17.2 Å². The number of halogens is 1. The first kappa shape index (κ1) is 20.5. The third-order valence-corrected chi connectivity index (χ3v) is 5.60. The van der Waals surface area contributed by atoms with E-state index in [1.165, 1.54) is 50.6 Å². The van der Waals surface area contributed by atoms with E-state index in [2.05, 4.69) is 26.0 Å². The molecule has 10 heteroatoms. The topological polar surface area (TPSA) is 109 Å². The summed E-state index contributed by atoms with van der Waals surface area (Å²) in [5.41, 5.74) is 4.95. The predicted octanol–water partition coefficient (Wildman–Crippen LogP) is 2.75. The molecule has 0 bridgehead atoms. The van der Waals surface area contributed by atoms with E-state index in [4.69, 9.17) is 16.3 Å². The smallest absolute Gasteiger partial charge is 0.273 e. The van der Waals surface area contributed by atoms with Crippen molar-refractivity contribution in [2.75, 3.05) is 12.9 Å². The number of hydrogen-bond donors (Lipinski definition) is 3. The lowest BCUT2D eigenvalue weighted by molar-refractivity contribution is -0.119. The molecule has 2 aromatic rings. The zero-order chi connectivity index (χ0) is 19.9. The van der Waals surface area contributed by atoms with Gasteiger partial charge in [-0.1, -0.05) is 49.0 Å². The van der Waals surface area contributed by atoms with Crippen LogP contribution in [-0.4, -0.2) is 39.9 Å². The fourth-order valence-corrected chi connectivity index (χ4v) is 3.93. The highest BCUT2D eigenvalue weighted by atomic mass is 35.5. The normalized spacial score (nSPS) is 14.1. The SMILES string of the molecule is COc1ccc(Cl)cc1C(=O)NNC(=O)CSc1n[nH]c(CC2CCCC2)n1. The van der Waals surface area contributed by atoms with Gasteiger partial charge in [-0.15, -0.1) is 5.10 Å². The summed E-state index contributed by atoms with van der Waals surface area (Å²) in [6, 6.07) is 4.67. The molecule has 8 nitrogen and oxygen atoms in total. The molecule has 28 heavy (non-hydrogen) atoms. The lowest BCUT2D eigenvalue weighted by Gasteiger charge is -2.10. The van der Waals surface area contributed by atoms with E-state index in [1.807, 2.05) is 0 Å². The van der Waals surface area contributed by atoms with Crippen LogP contribution in [-0.2, 0) is 11.2 Å². The van der Waals surface area contributed by atoms with Gasteiger partial charge >= 0.3 is 0 Å². The van der Waals surface area contributed by atoms with Crippen LogP contribution in [0.3, 0.4) is 0 Å². The molecule has 1 fully saturated rings. The molecule has 1 aliphatic carbocycles. The number of H-pyrrole nitrogens is 1. The number of methoxy groups -OCH3 is 1. The van der Waals surface area contributed by atoms with E-state index < -0.39 is 5.91 Å². The molecule has 1 saturated carbocycles. The molecule has 0 atom stereocenters. The largest absolute Gasteiger partial charge is 0.496 e. The molecule has 3 N–H and O–H groups in total. The number of hydrazine groups is 1. The molecule has 150 valence electrons. The number of amides is 2. The van der Waals surface area contributed by atoms with Gasteiger partial charge < -0.3 is 4.74 Å². The minimum absolute atomic E-state index is 0.0771. The molecule has 0 aliphatic heterocycles. The summed E-state index contributed by atoms with van der Waals surface area (Å²) in [4.78, 5) is 28.6. The third kappa shape index (κ3) is 5.62. The summed E-state index contributed by atoms with van der Waals surface area (Å²) in [5, 5.41) is 7.98. The molecule has 1 heterocycles. The molecular weight excluding hydrogens is 402 g/mol. The summed E-state index contributed by atoms with van der Waals surface area (Å²) >= 11 is 7.11. The molecule has 1 aromatic heterocycles. The van der Waals surface area contributed by atoms with Crippen LogP contribution in [0.4, 0.5) is 0 Å². The second kappa shape index (κ2) is 9.79. The first-order chi connectivity index (χ1) is 13.5. The summed E-state index contributed by atoms with van der Waals surface area (Å²) in [7, 11) is 1.45. The molecule has 2 amide bonds. The molecule has 0 unspecified atom stereocenters. The summed E-state index contributed by atoms with van der Waals surface area (Å²) in [5.74, 6) is 1.08. The van der Waals surface area contributed by atoms with E-state index in [0.29, 0.717) is 21.8 Å². The van der Waals surface area contributed by atoms with Gasteiger partial charge in [-0.05, 0) is 24.1 Å². The van der Waals surface area contributed by atoms with Crippen molar-refractivity contribution in [2.45, 2.75) is 37.3 Å². The van der Waals surface area contributed by atoms with Gasteiger partial charge in [0.2, 0.25) is 11.1 Å². The van der Waals surface area contributed by atoms with Crippen molar-refractivity contribution in [3.63, 3.8) is 0 Å². The Hall–Kier alpha value is -2.26. The second-order valence-electron chi connectivity index (χ2n) is 6.55. The molecule has 0 radical (unpaired) electrons. The van der Waals surface area contributed by atoms with Gasteiger partial charge in [-0.2, -0.15) is 0 Å². The number of nitrogens with zero attached hydrogens (tertiary/aromatic N) is 2. The number of aromatic nitrogens is 3. The Morgan fingerprint density at radius 3 is 2.86 bits per heavy atom. The third-order valence-electron chi connectivity index (χ3n) is 4.52. The lowest BCUT2D eigenvalue weighted by atomic mass is 10.0. The number of aromatic amines is 1. The standard InChI is InChI=1S/C18H22ClN5O3S/c1-27-14-7-6-12(19)9-13(14)17(26)23-22-16(25)10-28-18-20-15(21-24-18)8-11-4-2-3-5-11/h6-7,9,11H,2-5,8,10H2,1H3,(H,22,25)(H,23,26)(H,20,21,24). The van der Waals surface area contributed by atoms with Crippen LogP contribution in [0.15, 0.2) is 23.4 Å². The Morgan fingerprint density at radius 2 is 2.11 bits per heavy atom. The molecule has 0 spiro atoms. The summed E-state index contributed by atoms with van der Waals surface area (Å²) < 4.78 is 5.13. The number of rotatable bonds is 7. The van der Waals surface area contributed by atoms with Gasteiger partial charge in [-0.25, -0.2) is 4.98 Å². The van der Waals surface area contributed by atoms with E-state index in [0.717, 1.165) is 12.2 Å². The lowest BCUT2D eigenvalue weighted by Crippen LogP contribution is -2.42. The predicted molar refractivity (Wildman–Crippen MR) is 106 cm³/mol. The van der Waals surface area contributed by atoms with Crippen molar-refractivity contribution in [3.05, 3.63) is 34.6 Å². The van der Waals surface area contributed by atoms with Crippen LogP contribution in [0.25, 0.3) is 0 Å². The zero-order valence-electron chi connectivity index (χ0n) is 15.5. The number of benzene rings is 1. The fraction of sp³-hybridized carbons (Fsp3) is 0.444. The molecular formula is C18H22ClN5O3S. The average molecular weight is 424 g/mol. The van der Waals surface area contributed by atoms with Gasteiger partial charge in [0.05, 0.1) is 18.4 Å². The number of hydrogen-bond acceptors (Lipinski definition) is 6. The van der Waals surface area contributed by atoms with Gasteiger partial charge in [0.25, 0.3) is 5.91 Å². The fourth-order valence-electron chi connectivity index (χ4n) is 3.14. The highest BCUT2D eigenvalue weighted by Crippen LogP contribution is 2.27. The Bertz CT molecular complexity index is 838. The van der Waals surface area contributed by atoms with Crippen LogP contribution in [0.5, 0.6) is 5.75 Å².